The average Bonchev–Trinajstić information content (AvgIpc) is 2.35. The van der Waals surface area contributed by atoms with Crippen LogP contribution in [0.5, 0.6) is 0 Å². The lowest BCUT2D eigenvalue weighted by atomic mass is 10.0. The van der Waals surface area contributed by atoms with E-state index in [9.17, 15) is 4.79 Å². The van der Waals surface area contributed by atoms with Gasteiger partial charge in [-0.15, -0.1) is 0 Å². The lowest BCUT2D eigenvalue weighted by molar-refractivity contribution is -0.123. The molecule has 0 unspecified atom stereocenters. The van der Waals surface area contributed by atoms with Gasteiger partial charge in [0.1, 0.15) is 0 Å². The molecule has 0 radical (unpaired) electrons. The van der Waals surface area contributed by atoms with E-state index in [0.717, 1.165) is 26.2 Å². The fraction of sp³-hybridized carbons (Fsp3) is 0.923. The minimum atomic E-state index is -0.381. The van der Waals surface area contributed by atoms with Gasteiger partial charge in [-0.05, 0) is 27.3 Å². The zero-order valence-corrected chi connectivity index (χ0v) is 12.2. The van der Waals surface area contributed by atoms with Gasteiger partial charge < -0.3 is 16.0 Å². The van der Waals surface area contributed by atoms with Crippen LogP contribution in [0.15, 0.2) is 0 Å². The van der Waals surface area contributed by atoms with Crippen LogP contribution in [0.4, 0.5) is 0 Å². The molecule has 5 nitrogen and oxygen atoms in total. The molecule has 0 spiro atoms. The first-order valence-corrected chi connectivity index (χ1v) is 6.83. The van der Waals surface area contributed by atoms with Crippen molar-refractivity contribution in [2.75, 3.05) is 39.8 Å². The van der Waals surface area contributed by atoms with Gasteiger partial charge in [0.05, 0.1) is 6.04 Å². The highest BCUT2D eigenvalue weighted by Crippen LogP contribution is 2.15. The van der Waals surface area contributed by atoms with Gasteiger partial charge in [-0.2, -0.15) is 0 Å². The molecule has 3 N–H and O–H groups in total. The molecule has 1 amide bonds. The van der Waals surface area contributed by atoms with Crippen LogP contribution in [-0.4, -0.2) is 67.1 Å². The van der Waals surface area contributed by atoms with E-state index in [-0.39, 0.29) is 17.5 Å². The van der Waals surface area contributed by atoms with Crippen molar-refractivity contribution in [2.45, 2.75) is 38.8 Å². The van der Waals surface area contributed by atoms with E-state index in [1.54, 1.807) is 0 Å². The number of nitrogens with one attached hydrogen (secondary N) is 1. The van der Waals surface area contributed by atoms with E-state index in [1.165, 1.54) is 0 Å². The fourth-order valence-corrected chi connectivity index (χ4v) is 2.14. The number of likely N-dealkylation sites (N-methyl/N-ethyl adjacent to an activating group) is 1. The highest BCUT2D eigenvalue weighted by atomic mass is 16.2. The third-order valence-electron chi connectivity index (χ3n) is 3.83. The number of carbonyl (C=O) groups excluding carboxylic acids is 1. The van der Waals surface area contributed by atoms with Gasteiger partial charge in [-0.25, -0.2) is 0 Å². The van der Waals surface area contributed by atoms with E-state index in [0.29, 0.717) is 13.0 Å². The van der Waals surface area contributed by atoms with Gasteiger partial charge in [0.2, 0.25) is 5.91 Å². The Bertz CT molecular complexity index is 272. The van der Waals surface area contributed by atoms with Crippen LogP contribution < -0.4 is 11.1 Å². The molecular formula is C13H28N4O. The minimum absolute atomic E-state index is 0.00954. The molecule has 1 fully saturated rings. The molecule has 1 aliphatic heterocycles. The van der Waals surface area contributed by atoms with Crippen LogP contribution in [0, 0.1) is 0 Å². The summed E-state index contributed by atoms with van der Waals surface area (Å²) in [5.41, 5.74) is 5.70. The van der Waals surface area contributed by atoms with Crippen molar-refractivity contribution >= 4 is 5.91 Å². The van der Waals surface area contributed by atoms with Gasteiger partial charge in [-0.1, -0.05) is 6.92 Å². The largest absolute Gasteiger partial charge is 0.353 e. The summed E-state index contributed by atoms with van der Waals surface area (Å²) in [6.07, 6.45) is 0.681. The summed E-state index contributed by atoms with van der Waals surface area (Å²) >= 11 is 0. The Balaban J connectivity index is 2.41. The van der Waals surface area contributed by atoms with Gasteiger partial charge in [-0.3, -0.25) is 9.69 Å². The second kappa shape index (κ2) is 6.50. The van der Waals surface area contributed by atoms with Crippen LogP contribution in [0.1, 0.15) is 27.2 Å². The number of piperazine rings is 1. The second-order valence-corrected chi connectivity index (χ2v) is 5.84. The first kappa shape index (κ1) is 15.4. The number of nitrogens with two attached hydrogens (primary N) is 1. The summed E-state index contributed by atoms with van der Waals surface area (Å²) in [5.74, 6) is -0.0419. The number of rotatable bonds is 5. The topological polar surface area (TPSA) is 61.6 Å². The Morgan fingerprint density at radius 1 is 1.33 bits per heavy atom. The highest BCUT2D eigenvalue weighted by Gasteiger charge is 2.29. The van der Waals surface area contributed by atoms with Crippen LogP contribution in [0.3, 0.4) is 0 Å². The third kappa shape index (κ3) is 4.23. The zero-order valence-electron chi connectivity index (χ0n) is 12.2. The van der Waals surface area contributed by atoms with E-state index in [1.807, 2.05) is 6.92 Å². The molecule has 0 aromatic heterocycles. The van der Waals surface area contributed by atoms with E-state index < -0.39 is 0 Å². The second-order valence-electron chi connectivity index (χ2n) is 5.84. The summed E-state index contributed by atoms with van der Waals surface area (Å²) in [4.78, 5) is 16.5. The van der Waals surface area contributed by atoms with Gasteiger partial charge in [0.15, 0.2) is 0 Å². The average molecular weight is 256 g/mol. The predicted octanol–water partition coefficient (Wildman–Crippen LogP) is -0.134. The molecule has 1 heterocycles. The van der Waals surface area contributed by atoms with Gasteiger partial charge in [0, 0.05) is 38.3 Å². The summed E-state index contributed by atoms with van der Waals surface area (Å²) in [7, 11) is 2.15. The summed E-state index contributed by atoms with van der Waals surface area (Å²) < 4.78 is 0. The fourth-order valence-electron chi connectivity index (χ4n) is 2.14. The Morgan fingerprint density at radius 3 is 2.39 bits per heavy atom. The minimum Gasteiger partial charge on any atom is -0.353 e. The number of carbonyl (C=O) groups is 1. The molecule has 0 aliphatic carbocycles. The first-order valence-electron chi connectivity index (χ1n) is 6.83. The smallest absolute Gasteiger partial charge is 0.236 e. The van der Waals surface area contributed by atoms with E-state index in [2.05, 4.69) is 36.0 Å². The summed E-state index contributed by atoms with van der Waals surface area (Å²) in [6.45, 7) is 11.2. The van der Waals surface area contributed by atoms with Crippen molar-refractivity contribution in [1.29, 1.82) is 0 Å². The molecule has 106 valence electrons. The normalized spacial score (nSPS) is 20.7. The molecule has 0 aromatic carbocycles. The number of hydrogen-bond acceptors (Lipinski definition) is 4. The number of hydrogen-bond donors (Lipinski definition) is 2. The highest BCUT2D eigenvalue weighted by molar-refractivity contribution is 5.81. The molecule has 1 aliphatic rings. The molecule has 1 rings (SSSR count). The Labute approximate surface area is 111 Å². The Morgan fingerprint density at radius 2 is 1.89 bits per heavy atom. The van der Waals surface area contributed by atoms with Crippen LogP contribution in [0.2, 0.25) is 0 Å². The zero-order chi connectivity index (χ0) is 13.8. The first-order chi connectivity index (χ1) is 8.36. The van der Waals surface area contributed by atoms with E-state index >= 15 is 0 Å². The van der Waals surface area contributed by atoms with Crippen molar-refractivity contribution in [1.82, 2.24) is 15.1 Å². The Kier molecular flexibility index (Phi) is 5.56. The maximum Gasteiger partial charge on any atom is 0.236 e. The maximum atomic E-state index is 11.7. The molecule has 0 saturated carbocycles. The van der Waals surface area contributed by atoms with E-state index in [4.69, 9.17) is 5.73 Å². The maximum absolute atomic E-state index is 11.7. The summed E-state index contributed by atoms with van der Waals surface area (Å²) in [6, 6.07) is -0.381. The van der Waals surface area contributed by atoms with Crippen molar-refractivity contribution in [3.05, 3.63) is 0 Å². The van der Waals surface area contributed by atoms with Gasteiger partial charge >= 0.3 is 0 Å². The van der Waals surface area contributed by atoms with Crippen LogP contribution in [-0.2, 0) is 4.79 Å². The molecule has 0 bridgehead atoms. The van der Waals surface area contributed by atoms with Crippen molar-refractivity contribution in [3.8, 4) is 0 Å². The monoisotopic (exact) mass is 256 g/mol. The number of nitrogens with zero attached hydrogens (tertiary/aromatic N) is 2. The van der Waals surface area contributed by atoms with Crippen LogP contribution in [0.25, 0.3) is 0 Å². The van der Waals surface area contributed by atoms with Crippen LogP contribution >= 0.6 is 0 Å². The lowest BCUT2D eigenvalue weighted by Gasteiger charge is -2.43. The van der Waals surface area contributed by atoms with Crippen molar-refractivity contribution < 1.29 is 4.79 Å². The standard InChI is InChI=1S/C13H28N4O/c1-5-11(14)12(18)15-10-13(2,3)17-8-6-16(4)7-9-17/h11H,5-10,14H2,1-4H3,(H,15,18)/t11-/m0/s1. The van der Waals surface area contributed by atoms with Crippen molar-refractivity contribution in [2.24, 2.45) is 5.73 Å². The molecular weight excluding hydrogens is 228 g/mol. The quantitative estimate of drug-likeness (QED) is 0.719. The molecule has 1 atom stereocenters. The molecule has 5 heteroatoms. The van der Waals surface area contributed by atoms with Gasteiger partial charge in [0.25, 0.3) is 0 Å². The predicted molar refractivity (Wildman–Crippen MR) is 74.4 cm³/mol. The SMILES string of the molecule is CC[C@H](N)C(=O)NCC(C)(C)N1CCN(C)CC1. The lowest BCUT2D eigenvalue weighted by Crippen LogP contribution is -2.58. The molecule has 0 aromatic rings. The molecule has 18 heavy (non-hydrogen) atoms. The Hall–Kier alpha value is -0.650. The third-order valence-corrected chi connectivity index (χ3v) is 3.83. The molecule has 1 saturated heterocycles. The summed E-state index contributed by atoms with van der Waals surface area (Å²) in [5, 5.41) is 2.96. The number of amides is 1. The van der Waals surface area contributed by atoms with Crippen molar-refractivity contribution in [3.63, 3.8) is 0 Å².